The Morgan fingerprint density at radius 3 is 2.86 bits per heavy atom. The number of primary amides is 1. The Bertz CT molecular complexity index is 535. The van der Waals surface area contributed by atoms with Gasteiger partial charge in [0.15, 0.2) is 0 Å². The predicted molar refractivity (Wildman–Crippen MR) is 88.6 cm³/mol. The number of carbonyl (C=O) groups excluding carboxylic acids is 1. The molecule has 3 rings (SSSR count). The third kappa shape index (κ3) is 2.94. The van der Waals surface area contributed by atoms with Crippen LogP contribution in [0.15, 0.2) is 22.7 Å². The lowest BCUT2D eigenvalue weighted by molar-refractivity contribution is 0.0999. The number of anilines is 1. The first-order valence-electron chi connectivity index (χ1n) is 7.65. The molecule has 1 atom stereocenters. The van der Waals surface area contributed by atoms with Gasteiger partial charge in [-0.25, -0.2) is 0 Å². The van der Waals surface area contributed by atoms with Gasteiger partial charge in [0.2, 0.25) is 0 Å². The molecular formula is C16H22BrN3O. The Labute approximate surface area is 134 Å². The highest BCUT2D eigenvalue weighted by Gasteiger charge is 2.37. The monoisotopic (exact) mass is 351 g/mol. The van der Waals surface area contributed by atoms with E-state index in [1.54, 1.807) is 0 Å². The number of carbonyl (C=O) groups is 1. The summed E-state index contributed by atoms with van der Waals surface area (Å²) in [6, 6.07) is 5.87. The number of rotatable bonds is 2. The van der Waals surface area contributed by atoms with Crippen LogP contribution >= 0.6 is 15.9 Å². The van der Waals surface area contributed by atoms with Crippen LogP contribution in [0.1, 0.15) is 36.0 Å². The Kier molecular flexibility index (Phi) is 4.22. The Hall–Kier alpha value is -1.07. The minimum Gasteiger partial charge on any atom is -0.370 e. The standard InChI is InChI=1S/C16H22BrN3O/c17-12-4-1-5-13(14(12)15(18)21)20-9-3-7-16(11-20)6-2-8-19-10-16/h1,4-5,19H,2-3,6-11H2,(H2,18,21). The average molecular weight is 352 g/mol. The molecule has 0 radical (unpaired) electrons. The fourth-order valence-electron chi connectivity index (χ4n) is 3.81. The van der Waals surface area contributed by atoms with Gasteiger partial charge in [-0.15, -0.1) is 0 Å². The first-order chi connectivity index (χ1) is 10.1. The lowest BCUT2D eigenvalue weighted by atomic mass is 9.74. The molecule has 2 fully saturated rings. The van der Waals surface area contributed by atoms with Gasteiger partial charge >= 0.3 is 0 Å². The Morgan fingerprint density at radius 2 is 2.14 bits per heavy atom. The molecule has 0 bridgehead atoms. The first-order valence-corrected chi connectivity index (χ1v) is 8.45. The normalized spacial score (nSPS) is 26.0. The van der Waals surface area contributed by atoms with E-state index in [1.165, 1.54) is 25.7 Å². The van der Waals surface area contributed by atoms with Gasteiger partial charge in [-0.2, -0.15) is 0 Å². The molecule has 114 valence electrons. The van der Waals surface area contributed by atoms with Crippen molar-refractivity contribution in [3.05, 3.63) is 28.2 Å². The van der Waals surface area contributed by atoms with Crippen molar-refractivity contribution < 1.29 is 4.79 Å². The molecular weight excluding hydrogens is 330 g/mol. The molecule has 2 heterocycles. The average Bonchev–Trinajstić information content (AvgIpc) is 2.47. The summed E-state index contributed by atoms with van der Waals surface area (Å²) >= 11 is 3.46. The van der Waals surface area contributed by atoms with Crippen molar-refractivity contribution >= 4 is 27.5 Å². The second kappa shape index (κ2) is 5.97. The van der Waals surface area contributed by atoms with Crippen molar-refractivity contribution in [2.75, 3.05) is 31.1 Å². The van der Waals surface area contributed by atoms with Crippen molar-refractivity contribution in [2.45, 2.75) is 25.7 Å². The van der Waals surface area contributed by atoms with Gasteiger partial charge in [0, 0.05) is 29.5 Å². The van der Waals surface area contributed by atoms with Crippen molar-refractivity contribution in [3.63, 3.8) is 0 Å². The van der Waals surface area contributed by atoms with E-state index in [9.17, 15) is 4.79 Å². The second-order valence-corrected chi connectivity index (χ2v) is 7.16. The maximum atomic E-state index is 11.8. The minimum absolute atomic E-state index is 0.355. The second-order valence-electron chi connectivity index (χ2n) is 6.30. The quantitative estimate of drug-likeness (QED) is 0.860. The summed E-state index contributed by atoms with van der Waals surface area (Å²) in [6.45, 7) is 4.23. The highest BCUT2D eigenvalue weighted by molar-refractivity contribution is 9.10. The summed E-state index contributed by atoms with van der Waals surface area (Å²) in [7, 11) is 0. The lowest BCUT2D eigenvalue weighted by Crippen LogP contribution is -2.51. The van der Waals surface area contributed by atoms with E-state index in [2.05, 4.69) is 26.1 Å². The first kappa shape index (κ1) is 14.9. The summed E-state index contributed by atoms with van der Waals surface area (Å²) in [6.07, 6.45) is 4.97. The molecule has 0 saturated carbocycles. The minimum atomic E-state index is -0.362. The molecule has 3 N–H and O–H groups in total. The van der Waals surface area contributed by atoms with Crippen molar-refractivity contribution in [1.82, 2.24) is 5.32 Å². The Balaban J connectivity index is 1.90. The zero-order chi connectivity index (χ0) is 14.9. The largest absolute Gasteiger partial charge is 0.370 e. The van der Waals surface area contributed by atoms with Gasteiger partial charge in [0.05, 0.1) is 11.3 Å². The molecule has 1 spiro atoms. The predicted octanol–water partition coefficient (Wildman–Crippen LogP) is 2.52. The zero-order valence-corrected chi connectivity index (χ0v) is 13.8. The topological polar surface area (TPSA) is 58.4 Å². The highest BCUT2D eigenvalue weighted by atomic mass is 79.9. The van der Waals surface area contributed by atoms with E-state index in [0.717, 1.165) is 36.3 Å². The number of amides is 1. The zero-order valence-electron chi connectivity index (χ0n) is 12.2. The molecule has 1 unspecified atom stereocenters. The van der Waals surface area contributed by atoms with E-state index in [4.69, 9.17) is 5.73 Å². The molecule has 2 saturated heterocycles. The van der Waals surface area contributed by atoms with Crippen LogP contribution < -0.4 is 16.0 Å². The smallest absolute Gasteiger partial charge is 0.251 e. The SMILES string of the molecule is NC(=O)c1c(Br)cccc1N1CCCC2(CCCNC2)C1. The van der Waals surface area contributed by atoms with Gasteiger partial charge < -0.3 is 16.0 Å². The number of hydrogen-bond donors (Lipinski definition) is 2. The van der Waals surface area contributed by atoms with Crippen molar-refractivity contribution in [3.8, 4) is 0 Å². The number of nitrogens with one attached hydrogen (secondary N) is 1. The fourth-order valence-corrected chi connectivity index (χ4v) is 4.36. The van der Waals surface area contributed by atoms with Gasteiger partial charge in [0.1, 0.15) is 0 Å². The van der Waals surface area contributed by atoms with Crippen LogP contribution in [0.5, 0.6) is 0 Å². The van der Waals surface area contributed by atoms with E-state index < -0.39 is 0 Å². The van der Waals surface area contributed by atoms with Gasteiger partial charge in [0.25, 0.3) is 5.91 Å². The Morgan fingerprint density at radius 1 is 1.33 bits per heavy atom. The maximum absolute atomic E-state index is 11.8. The van der Waals surface area contributed by atoms with E-state index in [0.29, 0.717) is 11.0 Å². The summed E-state index contributed by atoms with van der Waals surface area (Å²) in [5.74, 6) is -0.362. The molecule has 0 aromatic heterocycles. The highest BCUT2D eigenvalue weighted by Crippen LogP contribution is 2.39. The maximum Gasteiger partial charge on any atom is 0.251 e. The summed E-state index contributed by atoms with van der Waals surface area (Å²) in [4.78, 5) is 14.2. The van der Waals surface area contributed by atoms with Crippen LogP contribution in [0.25, 0.3) is 0 Å². The fraction of sp³-hybridized carbons (Fsp3) is 0.562. The number of hydrogen-bond acceptors (Lipinski definition) is 3. The number of piperidine rings is 2. The molecule has 1 aromatic rings. The molecule has 0 aliphatic carbocycles. The molecule has 1 aromatic carbocycles. The third-order valence-corrected chi connectivity index (χ3v) is 5.46. The molecule has 2 aliphatic heterocycles. The van der Waals surface area contributed by atoms with Gasteiger partial charge in [-0.1, -0.05) is 6.07 Å². The number of halogens is 1. The molecule has 2 aliphatic rings. The van der Waals surface area contributed by atoms with Crippen molar-refractivity contribution in [1.29, 1.82) is 0 Å². The van der Waals surface area contributed by atoms with Crippen LogP contribution in [0.3, 0.4) is 0 Å². The van der Waals surface area contributed by atoms with Gasteiger partial charge in [-0.05, 0) is 60.3 Å². The number of benzene rings is 1. The van der Waals surface area contributed by atoms with Crippen LogP contribution in [-0.4, -0.2) is 32.1 Å². The lowest BCUT2D eigenvalue weighted by Gasteiger charge is -2.46. The summed E-state index contributed by atoms with van der Waals surface area (Å²) in [5, 5.41) is 3.54. The number of nitrogens with two attached hydrogens (primary N) is 1. The molecule has 21 heavy (non-hydrogen) atoms. The molecule has 4 nitrogen and oxygen atoms in total. The van der Waals surface area contributed by atoms with Gasteiger partial charge in [-0.3, -0.25) is 4.79 Å². The summed E-state index contributed by atoms with van der Waals surface area (Å²) < 4.78 is 0.786. The van der Waals surface area contributed by atoms with Crippen molar-refractivity contribution in [2.24, 2.45) is 11.1 Å². The third-order valence-electron chi connectivity index (χ3n) is 4.80. The number of nitrogens with zero attached hydrogens (tertiary/aromatic N) is 1. The van der Waals surface area contributed by atoms with Crippen LogP contribution in [0.4, 0.5) is 5.69 Å². The van der Waals surface area contributed by atoms with E-state index in [1.807, 2.05) is 18.2 Å². The van der Waals surface area contributed by atoms with E-state index >= 15 is 0 Å². The van der Waals surface area contributed by atoms with Crippen LogP contribution in [0, 0.1) is 5.41 Å². The van der Waals surface area contributed by atoms with Crippen LogP contribution in [-0.2, 0) is 0 Å². The summed E-state index contributed by atoms with van der Waals surface area (Å²) in [5.41, 5.74) is 7.52. The van der Waals surface area contributed by atoms with Crippen LogP contribution in [0.2, 0.25) is 0 Å². The molecule has 5 heteroatoms. The van der Waals surface area contributed by atoms with E-state index in [-0.39, 0.29) is 5.91 Å². The molecule has 1 amide bonds.